The smallest absolute Gasteiger partial charge is 0.314 e. The summed E-state index contributed by atoms with van der Waals surface area (Å²) in [5.41, 5.74) is -0.658. The maximum absolute atomic E-state index is 11.5. The van der Waals surface area contributed by atoms with E-state index in [9.17, 15) is 9.90 Å². The highest BCUT2D eigenvalue weighted by molar-refractivity contribution is 5.77. The Kier molecular flexibility index (Phi) is 3.31. The van der Waals surface area contributed by atoms with Gasteiger partial charge in [0.1, 0.15) is 0 Å². The summed E-state index contributed by atoms with van der Waals surface area (Å²) in [6, 6.07) is 0. The van der Waals surface area contributed by atoms with Crippen LogP contribution in [0, 0.1) is 5.41 Å². The number of rotatable bonds is 2. The van der Waals surface area contributed by atoms with Crippen LogP contribution in [0.3, 0.4) is 0 Å². The second-order valence-corrected chi connectivity index (χ2v) is 3.90. The van der Waals surface area contributed by atoms with Gasteiger partial charge in [-0.1, -0.05) is 12.8 Å². The molecule has 0 aromatic carbocycles. The number of carbonyl (C=O) groups excluding carboxylic acids is 1. The highest BCUT2D eigenvalue weighted by atomic mass is 16.5. The van der Waals surface area contributed by atoms with Crippen LogP contribution >= 0.6 is 0 Å². The first kappa shape index (κ1) is 10.5. The molecule has 1 aliphatic carbocycles. The standard InChI is InChI=1S/C10H18O3/c1-3-13-9(12)10(2)7-5-4-6-8(10)11/h8,11H,3-7H2,1-2H3/t8?,10-/m1/s1. The quantitative estimate of drug-likeness (QED) is 0.665. The number of carbonyl (C=O) groups is 1. The van der Waals surface area contributed by atoms with Gasteiger partial charge in [-0.2, -0.15) is 0 Å². The highest BCUT2D eigenvalue weighted by Gasteiger charge is 2.43. The molecule has 1 saturated carbocycles. The molecule has 1 fully saturated rings. The third-order valence-corrected chi connectivity index (χ3v) is 2.90. The Morgan fingerprint density at radius 2 is 2.31 bits per heavy atom. The highest BCUT2D eigenvalue weighted by Crippen LogP contribution is 2.37. The van der Waals surface area contributed by atoms with Crippen LogP contribution in [0.5, 0.6) is 0 Å². The first-order chi connectivity index (χ1) is 6.11. The number of hydrogen-bond donors (Lipinski definition) is 1. The summed E-state index contributed by atoms with van der Waals surface area (Å²) < 4.78 is 4.96. The summed E-state index contributed by atoms with van der Waals surface area (Å²) in [6.07, 6.45) is 2.95. The molecule has 0 heterocycles. The summed E-state index contributed by atoms with van der Waals surface area (Å²) in [6.45, 7) is 3.98. The molecule has 0 bridgehead atoms. The van der Waals surface area contributed by atoms with Crippen molar-refractivity contribution >= 4 is 5.97 Å². The Bertz CT molecular complexity index is 191. The minimum absolute atomic E-state index is 0.248. The lowest BCUT2D eigenvalue weighted by Crippen LogP contribution is -2.43. The summed E-state index contributed by atoms with van der Waals surface area (Å²) >= 11 is 0. The van der Waals surface area contributed by atoms with Gasteiger partial charge in [-0.25, -0.2) is 0 Å². The maximum atomic E-state index is 11.5. The van der Waals surface area contributed by atoms with Crippen LogP contribution in [0.15, 0.2) is 0 Å². The second kappa shape index (κ2) is 4.09. The van der Waals surface area contributed by atoms with Crippen molar-refractivity contribution in [2.24, 2.45) is 5.41 Å². The summed E-state index contributed by atoms with van der Waals surface area (Å²) in [4.78, 5) is 11.5. The van der Waals surface area contributed by atoms with Crippen LogP contribution in [-0.2, 0) is 9.53 Å². The summed E-state index contributed by atoms with van der Waals surface area (Å²) in [5, 5.41) is 9.72. The van der Waals surface area contributed by atoms with Crippen LogP contribution in [0.2, 0.25) is 0 Å². The molecule has 0 aromatic rings. The second-order valence-electron chi connectivity index (χ2n) is 3.90. The van der Waals surface area contributed by atoms with Crippen LogP contribution in [0.4, 0.5) is 0 Å². The zero-order valence-corrected chi connectivity index (χ0v) is 8.38. The van der Waals surface area contributed by atoms with Crippen LogP contribution in [0.1, 0.15) is 39.5 Å². The zero-order valence-electron chi connectivity index (χ0n) is 8.38. The first-order valence-electron chi connectivity index (χ1n) is 4.96. The molecule has 0 saturated heterocycles. The van der Waals surface area contributed by atoms with Gasteiger partial charge in [-0.05, 0) is 26.7 Å². The minimum atomic E-state index is -0.658. The normalized spacial score (nSPS) is 34.2. The van der Waals surface area contributed by atoms with E-state index >= 15 is 0 Å². The van der Waals surface area contributed by atoms with Crippen molar-refractivity contribution in [3.05, 3.63) is 0 Å². The molecule has 0 aliphatic heterocycles. The predicted octanol–water partition coefficient (Wildman–Crippen LogP) is 1.49. The van der Waals surface area contributed by atoms with Crippen LogP contribution in [0.25, 0.3) is 0 Å². The van der Waals surface area contributed by atoms with E-state index in [0.29, 0.717) is 6.61 Å². The fourth-order valence-electron chi connectivity index (χ4n) is 1.85. The van der Waals surface area contributed by atoms with E-state index in [1.807, 2.05) is 0 Å². The average Bonchev–Trinajstić information content (AvgIpc) is 2.11. The first-order valence-corrected chi connectivity index (χ1v) is 4.96. The van der Waals surface area contributed by atoms with Crippen molar-refractivity contribution < 1.29 is 14.6 Å². The SMILES string of the molecule is CCOC(=O)[C@]1(C)CCCCC1O. The van der Waals surface area contributed by atoms with E-state index < -0.39 is 11.5 Å². The largest absolute Gasteiger partial charge is 0.465 e. The summed E-state index contributed by atoms with van der Waals surface area (Å²) in [5.74, 6) is -0.248. The fraction of sp³-hybridized carbons (Fsp3) is 0.900. The Morgan fingerprint density at radius 3 is 2.85 bits per heavy atom. The maximum Gasteiger partial charge on any atom is 0.314 e. The van der Waals surface area contributed by atoms with E-state index in [-0.39, 0.29) is 5.97 Å². The monoisotopic (exact) mass is 186 g/mol. The number of aliphatic hydroxyl groups excluding tert-OH is 1. The molecule has 0 radical (unpaired) electrons. The molecule has 76 valence electrons. The van der Waals surface area contributed by atoms with Crippen molar-refractivity contribution in [3.63, 3.8) is 0 Å². The third-order valence-electron chi connectivity index (χ3n) is 2.90. The Balaban J connectivity index is 2.65. The van der Waals surface area contributed by atoms with Gasteiger partial charge in [-0.3, -0.25) is 4.79 Å². The molecule has 1 unspecified atom stereocenters. The molecule has 3 nitrogen and oxygen atoms in total. The molecule has 0 spiro atoms. The van der Waals surface area contributed by atoms with E-state index in [1.54, 1.807) is 13.8 Å². The lowest BCUT2D eigenvalue weighted by molar-refractivity contribution is -0.164. The topological polar surface area (TPSA) is 46.5 Å². The molecular weight excluding hydrogens is 168 g/mol. The zero-order chi connectivity index (χ0) is 9.90. The molecular formula is C10H18O3. The molecule has 1 rings (SSSR count). The van der Waals surface area contributed by atoms with Gasteiger partial charge in [-0.15, -0.1) is 0 Å². The average molecular weight is 186 g/mol. The molecule has 0 aromatic heterocycles. The molecule has 13 heavy (non-hydrogen) atoms. The van der Waals surface area contributed by atoms with Gasteiger partial charge < -0.3 is 9.84 Å². The number of esters is 1. The van der Waals surface area contributed by atoms with E-state index in [1.165, 1.54) is 0 Å². The van der Waals surface area contributed by atoms with Gasteiger partial charge >= 0.3 is 5.97 Å². The van der Waals surface area contributed by atoms with E-state index in [4.69, 9.17) is 4.74 Å². The number of hydrogen-bond acceptors (Lipinski definition) is 3. The predicted molar refractivity (Wildman–Crippen MR) is 49.2 cm³/mol. The molecule has 1 aliphatic rings. The van der Waals surface area contributed by atoms with Crippen molar-refractivity contribution in [3.8, 4) is 0 Å². The fourth-order valence-corrected chi connectivity index (χ4v) is 1.85. The van der Waals surface area contributed by atoms with Crippen LogP contribution < -0.4 is 0 Å². The molecule has 1 N–H and O–H groups in total. The molecule has 2 atom stereocenters. The minimum Gasteiger partial charge on any atom is -0.465 e. The number of aliphatic hydroxyl groups is 1. The lowest BCUT2D eigenvalue weighted by Gasteiger charge is -2.35. The lowest BCUT2D eigenvalue weighted by atomic mass is 9.73. The van der Waals surface area contributed by atoms with Crippen molar-refractivity contribution in [1.29, 1.82) is 0 Å². The Morgan fingerprint density at radius 1 is 1.62 bits per heavy atom. The van der Waals surface area contributed by atoms with Gasteiger partial charge in [0, 0.05) is 0 Å². The van der Waals surface area contributed by atoms with Crippen LogP contribution in [-0.4, -0.2) is 23.8 Å². The Hall–Kier alpha value is -0.570. The van der Waals surface area contributed by atoms with E-state index in [2.05, 4.69) is 0 Å². The van der Waals surface area contributed by atoms with Gasteiger partial charge in [0.2, 0.25) is 0 Å². The van der Waals surface area contributed by atoms with Gasteiger partial charge in [0.15, 0.2) is 0 Å². The van der Waals surface area contributed by atoms with Gasteiger partial charge in [0.05, 0.1) is 18.1 Å². The molecule has 0 amide bonds. The van der Waals surface area contributed by atoms with Crippen molar-refractivity contribution in [2.45, 2.75) is 45.6 Å². The third kappa shape index (κ3) is 2.02. The Labute approximate surface area is 79.1 Å². The van der Waals surface area contributed by atoms with Gasteiger partial charge in [0.25, 0.3) is 0 Å². The van der Waals surface area contributed by atoms with Crippen molar-refractivity contribution in [1.82, 2.24) is 0 Å². The van der Waals surface area contributed by atoms with E-state index in [0.717, 1.165) is 25.7 Å². The summed E-state index contributed by atoms with van der Waals surface area (Å²) in [7, 11) is 0. The number of ether oxygens (including phenoxy) is 1. The van der Waals surface area contributed by atoms with Crippen molar-refractivity contribution in [2.75, 3.05) is 6.61 Å². The molecule has 3 heteroatoms.